The van der Waals surface area contributed by atoms with Crippen LogP contribution in [0.3, 0.4) is 0 Å². The van der Waals surface area contributed by atoms with Crippen molar-refractivity contribution in [2.45, 2.75) is 57.5 Å². The van der Waals surface area contributed by atoms with Crippen LogP contribution in [0, 0.1) is 5.41 Å². The van der Waals surface area contributed by atoms with Crippen LogP contribution in [-0.4, -0.2) is 17.0 Å². The number of hydrogen-bond donors (Lipinski definition) is 1. The minimum Gasteiger partial charge on any atom is -0.393 e. The fourth-order valence-corrected chi connectivity index (χ4v) is 2.77. The van der Waals surface area contributed by atoms with Gasteiger partial charge in [0, 0.05) is 12.8 Å². The van der Waals surface area contributed by atoms with Crippen LogP contribution in [0.4, 0.5) is 0 Å². The second-order valence-electron chi connectivity index (χ2n) is 4.77. The number of rotatable bonds is 0. The highest BCUT2D eigenvalue weighted by atomic mass is 16.3. The number of ketones is 1. The molecule has 2 heteroatoms. The van der Waals surface area contributed by atoms with Crippen molar-refractivity contribution in [2.75, 3.05) is 0 Å². The zero-order valence-electron chi connectivity index (χ0n) is 8.09. The Morgan fingerprint density at radius 3 is 2.15 bits per heavy atom. The van der Waals surface area contributed by atoms with Gasteiger partial charge in [0.05, 0.1) is 6.10 Å². The Morgan fingerprint density at radius 2 is 1.62 bits per heavy atom. The predicted molar refractivity (Wildman–Crippen MR) is 50.4 cm³/mol. The van der Waals surface area contributed by atoms with E-state index in [1.807, 2.05) is 0 Å². The number of carbonyl (C=O) groups is 1. The van der Waals surface area contributed by atoms with Crippen molar-refractivity contribution in [1.29, 1.82) is 0 Å². The largest absolute Gasteiger partial charge is 0.393 e. The SMILES string of the molecule is O=C1CCC2(CC1)CCC(O)CC2. The topological polar surface area (TPSA) is 37.3 Å². The van der Waals surface area contributed by atoms with Gasteiger partial charge in [-0.15, -0.1) is 0 Å². The van der Waals surface area contributed by atoms with Crippen LogP contribution in [-0.2, 0) is 4.79 Å². The molecule has 1 spiro atoms. The molecule has 13 heavy (non-hydrogen) atoms. The molecule has 0 aliphatic heterocycles. The number of Topliss-reactive ketones (excluding diaryl/α,β-unsaturated/α-hetero) is 1. The van der Waals surface area contributed by atoms with Crippen LogP contribution in [0.5, 0.6) is 0 Å². The monoisotopic (exact) mass is 182 g/mol. The first-order valence-corrected chi connectivity index (χ1v) is 5.40. The Balaban J connectivity index is 1.94. The van der Waals surface area contributed by atoms with Crippen LogP contribution in [0.25, 0.3) is 0 Å². The Hall–Kier alpha value is -0.370. The van der Waals surface area contributed by atoms with Gasteiger partial charge in [-0.3, -0.25) is 4.79 Å². The van der Waals surface area contributed by atoms with Gasteiger partial charge in [0.15, 0.2) is 0 Å². The number of carbonyl (C=O) groups excluding carboxylic acids is 1. The number of aliphatic hydroxyl groups is 1. The lowest BCUT2D eigenvalue weighted by molar-refractivity contribution is -0.123. The second-order valence-corrected chi connectivity index (χ2v) is 4.77. The lowest BCUT2D eigenvalue weighted by Crippen LogP contribution is -2.33. The van der Waals surface area contributed by atoms with Crippen molar-refractivity contribution >= 4 is 5.78 Å². The summed E-state index contributed by atoms with van der Waals surface area (Å²) in [6, 6.07) is 0. The molecule has 2 aliphatic carbocycles. The summed E-state index contributed by atoms with van der Waals surface area (Å²) >= 11 is 0. The Kier molecular flexibility index (Phi) is 2.41. The fraction of sp³-hybridized carbons (Fsp3) is 0.909. The summed E-state index contributed by atoms with van der Waals surface area (Å²) in [7, 11) is 0. The first kappa shape index (κ1) is 9.20. The van der Waals surface area contributed by atoms with Crippen LogP contribution < -0.4 is 0 Å². The maximum atomic E-state index is 11.1. The normalized spacial score (nSPS) is 29.5. The number of aliphatic hydroxyl groups excluding tert-OH is 1. The highest BCUT2D eigenvalue weighted by molar-refractivity contribution is 5.79. The van der Waals surface area contributed by atoms with Gasteiger partial charge in [0.1, 0.15) is 5.78 Å². The molecule has 0 aromatic carbocycles. The molecule has 2 fully saturated rings. The van der Waals surface area contributed by atoms with E-state index in [0.717, 1.165) is 51.4 Å². The lowest BCUT2D eigenvalue weighted by atomic mass is 9.65. The minimum absolute atomic E-state index is 0.0664. The zero-order chi connectivity index (χ0) is 9.31. The van der Waals surface area contributed by atoms with E-state index < -0.39 is 0 Å². The van der Waals surface area contributed by atoms with Crippen LogP contribution in [0.1, 0.15) is 51.4 Å². The molecule has 0 unspecified atom stereocenters. The molecule has 0 aromatic heterocycles. The summed E-state index contributed by atoms with van der Waals surface area (Å²) in [5.74, 6) is 0.441. The van der Waals surface area contributed by atoms with Crippen LogP contribution >= 0.6 is 0 Å². The third-order valence-corrected chi connectivity index (χ3v) is 3.88. The van der Waals surface area contributed by atoms with Crippen LogP contribution in [0.15, 0.2) is 0 Å². The van der Waals surface area contributed by atoms with Crippen molar-refractivity contribution in [1.82, 2.24) is 0 Å². The molecular weight excluding hydrogens is 164 g/mol. The van der Waals surface area contributed by atoms with E-state index >= 15 is 0 Å². The lowest BCUT2D eigenvalue weighted by Gasteiger charge is -2.41. The summed E-state index contributed by atoms with van der Waals surface area (Å²) in [4.78, 5) is 11.1. The molecule has 2 saturated carbocycles. The first-order valence-electron chi connectivity index (χ1n) is 5.40. The number of hydrogen-bond acceptors (Lipinski definition) is 2. The summed E-state index contributed by atoms with van der Waals surface area (Å²) < 4.78 is 0. The van der Waals surface area contributed by atoms with Gasteiger partial charge in [-0.25, -0.2) is 0 Å². The van der Waals surface area contributed by atoms with E-state index in [1.54, 1.807) is 0 Å². The molecule has 0 bridgehead atoms. The average Bonchev–Trinajstić information content (AvgIpc) is 2.16. The molecule has 0 radical (unpaired) electrons. The van der Waals surface area contributed by atoms with Crippen molar-refractivity contribution < 1.29 is 9.90 Å². The molecule has 1 N–H and O–H groups in total. The third-order valence-electron chi connectivity index (χ3n) is 3.88. The molecule has 0 atom stereocenters. The Morgan fingerprint density at radius 1 is 1.08 bits per heavy atom. The van der Waals surface area contributed by atoms with Crippen molar-refractivity contribution in [3.8, 4) is 0 Å². The van der Waals surface area contributed by atoms with Crippen molar-refractivity contribution in [2.24, 2.45) is 5.41 Å². The molecule has 0 amide bonds. The van der Waals surface area contributed by atoms with Gasteiger partial charge >= 0.3 is 0 Å². The molecule has 2 aliphatic rings. The summed E-state index contributed by atoms with van der Waals surface area (Å²) in [6.45, 7) is 0. The molecule has 0 aromatic rings. The van der Waals surface area contributed by atoms with E-state index in [0.29, 0.717) is 11.2 Å². The maximum Gasteiger partial charge on any atom is 0.132 e. The van der Waals surface area contributed by atoms with Gasteiger partial charge in [-0.1, -0.05) is 0 Å². The molecule has 0 saturated heterocycles. The van der Waals surface area contributed by atoms with Gasteiger partial charge in [-0.05, 0) is 43.9 Å². The van der Waals surface area contributed by atoms with Gasteiger partial charge in [0.2, 0.25) is 0 Å². The first-order chi connectivity index (χ1) is 6.20. The Bertz CT molecular complexity index is 190. The molecule has 2 nitrogen and oxygen atoms in total. The zero-order valence-corrected chi connectivity index (χ0v) is 8.09. The van der Waals surface area contributed by atoms with Crippen molar-refractivity contribution in [3.63, 3.8) is 0 Å². The molecule has 0 heterocycles. The minimum atomic E-state index is -0.0664. The van der Waals surface area contributed by atoms with E-state index in [2.05, 4.69) is 0 Å². The van der Waals surface area contributed by atoms with Gasteiger partial charge < -0.3 is 5.11 Å². The molecular formula is C11H18O2. The summed E-state index contributed by atoms with van der Waals surface area (Å²) in [6.07, 6.45) is 7.86. The highest BCUT2D eigenvalue weighted by Gasteiger charge is 2.37. The van der Waals surface area contributed by atoms with Gasteiger partial charge in [0.25, 0.3) is 0 Å². The fourth-order valence-electron chi connectivity index (χ4n) is 2.77. The van der Waals surface area contributed by atoms with E-state index in [9.17, 15) is 9.90 Å². The van der Waals surface area contributed by atoms with E-state index in [1.165, 1.54) is 0 Å². The molecule has 74 valence electrons. The van der Waals surface area contributed by atoms with E-state index in [4.69, 9.17) is 0 Å². The van der Waals surface area contributed by atoms with E-state index in [-0.39, 0.29) is 6.10 Å². The standard InChI is InChI=1S/C11H18O2/c12-9-1-5-11(6-2-9)7-3-10(13)4-8-11/h9,12H,1-8H2. The summed E-state index contributed by atoms with van der Waals surface area (Å²) in [5, 5.41) is 9.41. The smallest absolute Gasteiger partial charge is 0.132 e. The third kappa shape index (κ3) is 1.93. The van der Waals surface area contributed by atoms with Gasteiger partial charge in [-0.2, -0.15) is 0 Å². The average molecular weight is 182 g/mol. The predicted octanol–water partition coefficient (Wildman–Crippen LogP) is 2.05. The maximum absolute atomic E-state index is 11.1. The summed E-state index contributed by atoms with van der Waals surface area (Å²) in [5.41, 5.74) is 0.438. The Labute approximate surface area is 79.3 Å². The van der Waals surface area contributed by atoms with Crippen molar-refractivity contribution in [3.05, 3.63) is 0 Å². The molecule has 2 rings (SSSR count). The van der Waals surface area contributed by atoms with Crippen LogP contribution in [0.2, 0.25) is 0 Å². The highest BCUT2D eigenvalue weighted by Crippen LogP contribution is 2.46. The second kappa shape index (κ2) is 3.41. The quantitative estimate of drug-likeness (QED) is 0.622.